The molecule has 7 heteroatoms. The third-order valence-electron chi connectivity index (χ3n) is 5.04. The van der Waals surface area contributed by atoms with Crippen LogP contribution >= 0.6 is 11.3 Å². The number of likely N-dealkylation sites (tertiary alicyclic amines) is 1. The van der Waals surface area contributed by atoms with E-state index in [0.717, 1.165) is 0 Å². The van der Waals surface area contributed by atoms with Gasteiger partial charge < -0.3 is 14.7 Å². The summed E-state index contributed by atoms with van der Waals surface area (Å²) in [5, 5.41) is 1.89. The molecule has 0 bridgehead atoms. The van der Waals surface area contributed by atoms with Gasteiger partial charge in [-0.3, -0.25) is 14.4 Å². The maximum absolute atomic E-state index is 12.9. The second-order valence-electron chi connectivity index (χ2n) is 7.55. The summed E-state index contributed by atoms with van der Waals surface area (Å²) < 4.78 is 0. The molecule has 136 valence electrons. The molecular formula is C18H25N3O3S. The van der Waals surface area contributed by atoms with Crippen LogP contribution in [-0.2, 0) is 9.59 Å². The first-order valence-corrected chi connectivity index (χ1v) is 9.55. The van der Waals surface area contributed by atoms with E-state index in [4.69, 9.17) is 0 Å². The number of amides is 3. The zero-order chi connectivity index (χ0) is 18.2. The van der Waals surface area contributed by atoms with Crippen molar-refractivity contribution in [2.24, 2.45) is 11.3 Å². The molecule has 1 aromatic heterocycles. The molecule has 3 heterocycles. The first-order valence-electron chi connectivity index (χ1n) is 8.67. The molecule has 1 spiro atoms. The summed E-state index contributed by atoms with van der Waals surface area (Å²) in [6.45, 7) is 6.45. The Hall–Kier alpha value is -1.89. The number of carbonyl (C=O) groups is 3. The fourth-order valence-corrected chi connectivity index (χ4v) is 4.55. The summed E-state index contributed by atoms with van der Waals surface area (Å²) in [7, 11) is 1.79. The zero-order valence-corrected chi connectivity index (χ0v) is 15.8. The number of carbonyl (C=O) groups excluding carboxylic acids is 3. The van der Waals surface area contributed by atoms with Crippen LogP contribution in [0.2, 0.25) is 0 Å². The van der Waals surface area contributed by atoms with Gasteiger partial charge in [0, 0.05) is 57.5 Å². The molecule has 2 saturated heterocycles. The highest BCUT2D eigenvalue weighted by atomic mass is 32.1. The molecule has 0 aliphatic carbocycles. The fraction of sp³-hybridized carbons (Fsp3) is 0.611. The van der Waals surface area contributed by atoms with Crippen molar-refractivity contribution in [1.29, 1.82) is 0 Å². The van der Waals surface area contributed by atoms with Gasteiger partial charge in [-0.25, -0.2) is 0 Å². The maximum atomic E-state index is 12.9. The van der Waals surface area contributed by atoms with Crippen LogP contribution in [0.15, 0.2) is 17.5 Å². The molecule has 2 fully saturated rings. The quantitative estimate of drug-likeness (QED) is 0.801. The van der Waals surface area contributed by atoms with E-state index < -0.39 is 0 Å². The van der Waals surface area contributed by atoms with Gasteiger partial charge in [0.05, 0.1) is 4.88 Å². The van der Waals surface area contributed by atoms with Gasteiger partial charge in [-0.15, -0.1) is 11.3 Å². The average Bonchev–Trinajstić information content (AvgIpc) is 3.13. The lowest BCUT2D eigenvalue weighted by molar-refractivity contribution is -0.135. The van der Waals surface area contributed by atoms with E-state index >= 15 is 0 Å². The van der Waals surface area contributed by atoms with Crippen molar-refractivity contribution >= 4 is 29.1 Å². The minimum absolute atomic E-state index is 0.00442. The first kappa shape index (κ1) is 17.9. The Labute approximate surface area is 152 Å². The number of rotatable bonds is 2. The van der Waals surface area contributed by atoms with Crippen LogP contribution < -0.4 is 0 Å². The monoisotopic (exact) mass is 363 g/mol. The van der Waals surface area contributed by atoms with E-state index in [-0.39, 0.29) is 29.1 Å². The SMILES string of the molecule is CC(C)C(=O)N1CCN(C(=O)c2cccs2)C[C@]2(CC(=O)N(C)C2)C1. The average molecular weight is 363 g/mol. The molecule has 3 amide bonds. The molecule has 25 heavy (non-hydrogen) atoms. The van der Waals surface area contributed by atoms with Gasteiger partial charge >= 0.3 is 0 Å². The number of thiophene rings is 1. The summed E-state index contributed by atoms with van der Waals surface area (Å²) in [4.78, 5) is 43.7. The summed E-state index contributed by atoms with van der Waals surface area (Å²) in [5.74, 6) is 0.0795. The summed E-state index contributed by atoms with van der Waals surface area (Å²) in [6, 6.07) is 3.69. The minimum Gasteiger partial charge on any atom is -0.345 e. The zero-order valence-electron chi connectivity index (χ0n) is 15.0. The van der Waals surface area contributed by atoms with Crippen LogP contribution in [0.1, 0.15) is 29.9 Å². The van der Waals surface area contributed by atoms with Gasteiger partial charge in [0.25, 0.3) is 5.91 Å². The molecule has 2 aliphatic rings. The molecule has 0 N–H and O–H groups in total. The first-order chi connectivity index (χ1) is 11.8. The van der Waals surface area contributed by atoms with Crippen molar-refractivity contribution in [3.8, 4) is 0 Å². The highest BCUT2D eigenvalue weighted by Gasteiger charge is 2.47. The van der Waals surface area contributed by atoms with Gasteiger partial charge in [-0.1, -0.05) is 19.9 Å². The molecule has 6 nitrogen and oxygen atoms in total. The third kappa shape index (κ3) is 3.56. The van der Waals surface area contributed by atoms with E-state index in [1.807, 2.05) is 41.2 Å². The van der Waals surface area contributed by atoms with Crippen LogP contribution in [0, 0.1) is 11.3 Å². The smallest absolute Gasteiger partial charge is 0.263 e. The van der Waals surface area contributed by atoms with Gasteiger partial charge in [0.1, 0.15) is 0 Å². The summed E-state index contributed by atoms with van der Waals surface area (Å²) >= 11 is 1.43. The van der Waals surface area contributed by atoms with E-state index in [9.17, 15) is 14.4 Å². The summed E-state index contributed by atoms with van der Waals surface area (Å²) in [5.41, 5.74) is -0.375. The highest BCUT2D eigenvalue weighted by Crippen LogP contribution is 2.35. The van der Waals surface area contributed by atoms with Crippen molar-refractivity contribution in [3.63, 3.8) is 0 Å². The summed E-state index contributed by atoms with van der Waals surface area (Å²) in [6.07, 6.45) is 0.388. The fourth-order valence-electron chi connectivity index (χ4n) is 3.86. The van der Waals surface area contributed by atoms with E-state index in [1.54, 1.807) is 11.9 Å². The predicted octanol–water partition coefficient (Wildman–Crippen LogP) is 1.54. The van der Waals surface area contributed by atoms with Crippen LogP contribution in [0.5, 0.6) is 0 Å². The van der Waals surface area contributed by atoms with Crippen LogP contribution in [-0.4, -0.2) is 72.2 Å². The molecule has 3 rings (SSSR count). The van der Waals surface area contributed by atoms with Gasteiger partial charge in [0.15, 0.2) is 0 Å². The van der Waals surface area contributed by atoms with Crippen molar-refractivity contribution in [1.82, 2.24) is 14.7 Å². The Bertz CT molecular complexity index is 673. The standard InChI is InChI=1S/C18H25N3O3S/c1-13(2)16(23)20-6-7-21(17(24)14-5-4-8-25-14)12-18(11-20)9-15(22)19(3)10-18/h4-5,8,13H,6-7,9-12H2,1-3H3/t18-/m0/s1. The van der Waals surface area contributed by atoms with Crippen LogP contribution in [0.4, 0.5) is 0 Å². The Kier molecular flexibility index (Phi) is 4.86. The van der Waals surface area contributed by atoms with Gasteiger partial charge in [-0.2, -0.15) is 0 Å². The molecule has 0 saturated carbocycles. The molecule has 0 radical (unpaired) electrons. The van der Waals surface area contributed by atoms with E-state index in [1.165, 1.54) is 11.3 Å². The Morgan fingerprint density at radius 2 is 1.84 bits per heavy atom. The van der Waals surface area contributed by atoms with E-state index in [0.29, 0.717) is 44.0 Å². The molecular weight excluding hydrogens is 338 g/mol. The minimum atomic E-state index is -0.375. The second kappa shape index (κ2) is 6.78. The lowest BCUT2D eigenvalue weighted by Crippen LogP contribution is -2.45. The molecule has 0 aromatic carbocycles. The topological polar surface area (TPSA) is 60.9 Å². The van der Waals surface area contributed by atoms with Crippen molar-refractivity contribution in [2.75, 3.05) is 39.8 Å². The molecule has 1 aromatic rings. The van der Waals surface area contributed by atoms with Crippen molar-refractivity contribution in [3.05, 3.63) is 22.4 Å². The molecule has 0 unspecified atom stereocenters. The van der Waals surface area contributed by atoms with Crippen LogP contribution in [0.25, 0.3) is 0 Å². The Morgan fingerprint density at radius 1 is 1.16 bits per heavy atom. The van der Waals surface area contributed by atoms with Gasteiger partial charge in [-0.05, 0) is 11.4 Å². The Morgan fingerprint density at radius 3 is 2.40 bits per heavy atom. The van der Waals surface area contributed by atoms with E-state index in [2.05, 4.69) is 0 Å². The normalized spacial score (nSPS) is 24.3. The number of hydrogen-bond acceptors (Lipinski definition) is 4. The lowest BCUT2D eigenvalue weighted by atomic mass is 9.85. The van der Waals surface area contributed by atoms with Crippen molar-refractivity contribution in [2.45, 2.75) is 20.3 Å². The molecule has 1 atom stereocenters. The lowest BCUT2D eigenvalue weighted by Gasteiger charge is -2.33. The number of hydrogen-bond donors (Lipinski definition) is 0. The maximum Gasteiger partial charge on any atom is 0.263 e. The Balaban J connectivity index is 1.88. The largest absolute Gasteiger partial charge is 0.345 e. The second-order valence-corrected chi connectivity index (χ2v) is 8.49. The third-order valence-corrected chi connectivity index (χ3v) is 5.90. The predicted molar refractivity (Wildman–Crippen MR) is 96.3 cm³/mol. The molecule has 2 aliphatic heterocycles. The highest BCUT2D eigenvalue weighted by molar-refractivity contribution is 7.12. The van der Waals surface area contributed by atoms with Crippen LogP contribution in [0.3, 0.4) is 0 Å². The number of nitrogens with zero attached hydrogens (tertiary/aromatic N) is 3. The van der Waals surface area contributed by atoms with Gasteiger partial charge in [0.2, 0.25) is 11.8 Å². The van der Waals surface area contributed by atoms with Crippen molar-refractivity contribution < 1.29 is 14.4 Å².